The summed E-state index contributed by atoms with van der Waals surface area (Å²) < 4.78 is 4.72. The number of aromatic amines is 1. The number of hydrogen-bond donors (Lipinski definition) is 2. The van der Waals surface area contributed by atoms with E-state index in [-0.39, 0.29) is 0 Å². The second kappa shape index (κ2) is 5.51. The fourth-order valence-corrected chi connectivity index (χ4v) is 1.92. The molecule has 1 aliphatic rings. The molecule has 100 valence electrons. The lowest BCUT2D eigenvalue weighted by Crippen LogP contribution is -2.27. The zero-order valence-electron chi connectivity index (χ0n) is 10.5. The Balaban J connectivity index is 2.02. The number of fused-ring (bicyclic) bond motifs is 1. The van der Waals surface area contributed by atoms with Gasteiger partial charge in [0.25, 0.3) is 0 Å². The number of aromatic nitrogens is 1. The smallest absolute Gasteiger partial charge is 0.407 e. The summed E-state index contributed by atoms with van der Waals surface area (Å²) in [5.74, 6) is -1.03. The molecule has 0 spiro atoms. The number of carbonyl (C=O) groups is 3. The molecule has 0 bridgehead atoms. The van der Waals surface area contributed by atoms with Crippen LogP contribution in [-0.4, -0.2) is 35.8 Å². The molecule has 6 heteroatoms. The Bertz CT molecular complexity index is 557. The maximum Gasteiger partial charge on any atom is 0.407 e. The van der Waals surface area contributed by atoms with E-state index in [4.69, 9.17) is 4.74 Å². The fourth-order valence-electron chi connectivity index (χ4n) is 1.92. The Hall–Kier alpha value is -2.37. The largest absolute Gasteiger partial charge is 0.450 e. The van der Waals surface area contributed by atoms with E-state index in [0.29, 0.717) is 30.8 Å². The molecule has 1 heterocycles. The zero-order valence-corrected chi connectivity index (χ0v) is 10.5. The van der Waals surface area contributed by atoms with Gasteiger partial charge in [0.05, 0.1) is 12.2 Å². The highest BCUT2D eigenvalue weighted by Crippen LogP contribution is 2.21. The van der Waals surface area contributed by atoms with Gasteiger partial charge in [-0.15, -0.1) is 0 Å². The average Bonchev–Trinajstić information content (AvgIpc) is 2.78. The number of carbonyl (C=O) groups excluding carboxylic acids is 3. The molecule has 2 N–H and O–H groups in total. The van der Waals surface area contributed by atoms with Crippen molar-refractivity contribution in [2.75, 3.05) is 13.2 Å². The monoisotopic (exact) mass is 262 g/mol. The molecule has 0 aliphatic heterocycles. The second-order valence-corrected chi connectivity index (χ2v) is 4.03. The third-order valence-electron chi connectivity index (χ3n) is 2.78. The van der Waals surface area contributed by atoms with Gasteiger partial charge in [-0.25, -0.2) is 4.79 Å². The Morgan fingerprint density at radius 2 is 2.16 bits per heavy atom. The molecule has 0 unspecified atom stereocenters. The van der Waals surface area contributed by atoms with Crippen LogP contribution in [-0.2, 0) is 16.0 Å². The van der Waals surface area contributed by atoms with Crippen molar-refractivity contribution in [3.05, 3.63) is 29.1 Å². The SMILES string of the molecule is CCOC(=O)NCCc1c[nH]c2c1C(=O)C(=O)C=C2. The van der Waals surface area contributed by atoms with Gasteiger partial charge >= 0.3 is 6.09 Å². The molecule has 0 fully saturated rings. The highest BCUT2D eigenvalue weighted by Gasteiger charge is 2.25. The first-order chi connectivity index (χ1) is 9.13. The number of hydrogen-bond acceptors (Lipinski definition) is 4. The molecule has 1 aromatic rings. The first-order valence-corrected chi connectivity index (χ1v) is 6.01. The first kappa shape index (κ1) is 13.1. The van der Waals surface area contributed by atoms with Gasteiger partial charge in [-0.2, -0.15) is 0 Å². The summed E-state index contributed by atoms with van der Waals surface area (Å²) in [7, 11) is 0. The van der Waals surface area contributed by atoms with E-state index in [2.05, 4.69) is 10.3 Å². The van der Waals surface area contributed by atoms with Crippen molar-refractivity contribution in [1.29, 1.82) is 0 Å². The molecule has 2 rings (SSSR count). The lowest BCUT2D eigenvalue weighted by molar-refractivity contribution is -0.110. The number of nitrogens with one attached hydrogen (secondary N) is 2. The Morgan fingerprint density at radius 3 is 2.89 bits per heavy atom. The number of ether oxygens (including phenoxy) is 1. The van der Waals surface area contributed by atoms with Crippen molar-refractivity contribution in [2.45, 2.75) is 13.3 Å². The Morgan fingerprint density at radius 1 is 1.37 bits per heavy atom. The minimum Gasteiger partial charge on any atom is -0.450 e. The van der Waals surface area contributed by atoms with Crippen molar-refractivity contribution < 1.29 is 19.1 Å². The van der Waals surface area contributed by atoms with Crippen LogP contribution >= 0.6 is 0 Å². The molecule has 0 radical (unpaired) electrons. The number of ketones is 2. The van der Waals surface area contributed by atoms with Crippen LogP contribution in [0.2, 0.25) is 0 Å². The van der Waals surface area contributed by atoms with Gasteiger partial charge in [-0.3, -0.25) is 9.59 Å². The number of alkyl carbamates (subject to hydrolysis) is 1. The number of rotatable bonds is 4. The van der Waals surface area contributed by atoms with Crippen molar-refractivity contribution >= 4 is 23.7 Å². The first-order valence-electron chi connectivity index (χ1n) is 6.01. The molecule has 0 saturated heterocycles. The van der Waals surface area contributed by atoms with Gasteiger partial charge in [0.1, 0.15) is 0 Å². The molecule has 1 amide bonds. The number of allylic oxidation sites excluding steroid dienone is 1. The van der Waals surface area contributed by atoms with E-state index in [0.717, 1.165) is 5.56 Å². The summed E-state index contributed by atoms with van der Waals surface area (Å²) in [6, 6.07) is 0. The van der Waals surface area contributed by atoms with Gasteiger partial charge in [0, 0.05) is 18.4 Å². The predicted octanol–water partition coefficient (Wildman–Crippen LogP) is 1.08. The number of amides is 1. The van der Waals surface area contributed by atoms with E-state index in [1.165, 1.54) is 6.08 Å². The van der Waals surface area contributed by atoms with Crippen LogP contribution in [0.3, 0.4) is 0 Å². The molecule has 6 nitrogen and oxygen atoms in total. The molecule has 1 aliphatic carbocycles. The number of H-pyrrole nitrogens is 1. The fraction of sp³-hybridized carbons (Fsp3) is 0.308. The van der Waals surface area contributed by atoms with Gasteiger partial charge < -0.3 is 15.0 Å². The van der Waals surface area contributed by atoms with Crippen LogP contribution in [0, 0.1) is 0 Å². The summed E-state index contributed by atoms with van der Waals surface area (Å²) in [6.07, 6.45) is 4.48. The maximum absolute atomic E-state index is 11.8. The van der Waals surface area contributed by atoms with Crippen LogP contribution < -0.4 is 5.32 Å². The predicted molar refractivity (Wildman–Crippen MR) is 67.9 cm³/mol. The van der Waals surface area contributed by atoms with E-state index < -0.39 is 17.7 Å². The third kappa shape index (κ3) is 2.73. The summed E-state index contributed by atoms with van der Waals surface area (Å²) in [6.45, 7) is 2.37. The van der Waals surface area contributed by atoms with Crippen LogP contribution in [0.15, 0.2) is 12.3 Å². The molecular formula is C13H14N2O4. The highest BCUT2D eigenvalue weighted by molar-refractivity contribution is 6.50. The zero-order chi connectivity index (χ0) is 13.8. The minimum atomic E-state index is -0.522. The van der Waals surface area contributed by atoms with Crippen molar-refractivity contribution in [3.8, 4) is 0 Å². The van der Waals surface area contributed by atoms with Crippen molar-refractivity contribution in [2.24, 2.45) is 0 Å². The highest BCUT2D eigenvalue weighted by atomic mass is 16.5. The average molecular weight is 262 g/mol. The van der Waals surface area contributed by atoms with Crippen molar-refractivity contribution in [1.82, 2.24) is 10.3 Å². The quantitative estimate of drug-likeness (QED) is 0.795. The second-order valence-electron chi connectivity index (χ2n) is 4.03. The van der Waals surface area contributed by atoms with E-state index in [1.807, 2.05) is 0 Å². The molecule has 1 aromatic heterocycles. The summed E-state index contributed by atoms with van der Waals surface area (Å²) >= 11 is 0. The van der Waals surface area contributed by atoms with Gasteiger partial charge in [-0.05, 0) is 31.1 Å². The van der Waals surface area contributed by atoms with E-state index in [1.54, 1.807) is 19.2 Å². The Labute approximate surface area is 109 Å². The molecule has 19 heavy (non-hydrogen) atoms. The summed E-state index contributed by atoms with van der Waals surface area (Å²) in [4.78, 5) is 37.1. The van der Waals surface area contributed by atoms with Crippen LogP contribution in [0.1, 0.15) is 28.5 Å². The van der Waals surface area contributed by atoms with Crippen LogP contribution in [0.4, 0.5) is 4.79 Å². The third-order valence-corrected chi connectivity index (χ3v) is 2.78. The van der Waals surface area contributed by atoms with Gasteiger partial charge in [-0.1, -0.05) is 0 Å². The molecule has 0 atom stereocenters. The van der Waals surface area contributed by atoms with E-state index >= 15 is 0 Å². The number of Topliss-reactive ketones (excluding diaryl/α,β-unsaturated/α-hetero) is 1. The van der Waals surface area contributed by atoms with Gasteiger partial charge in [0.15, 0.2) is 0 Å². The lowest BCUT2D eigenvalue weighted by Gasteiger charge is -2.07. The van der Waals surface area contributed by atoms with Crippen LogP contribution in [0.25, 0.3) is 6.08 Å². The topological polar surface area (TPSA) is 88.3 Å². The molecular weight excluding hydrogens is 248 g/mol. The van der Waals surface area contributed by atoms with Crippen LogP contribution in [0.5, 0.6) is 0 Å². The summed E-state index contributed by atoms with van der Waals surface area (Å²) in [5, 5.41) is 2.57. The minimum absolute atomic E-state index is 0.309. The molecule has 0 aromatic carbocycles. The lowest BCUT2D eigenvalue weighted by atomic mass is 9.97. The Kier molecular flexibility index (Phi) is 3.79. The standard InChI is InChI=1S/C13H14N2O4/c1-2-19-13(18)14-6-5-8-7-15-9-3-4-10(16)12(17)11(8)9/h3-4,7,15H,2,5-6H2,1H3,(H,14,18). The maximum atomic E-state index is 11.8. The van der Waals surface area contributed by atoms with Crippen molar-refractivity contribution in [3.63, 3.8) is 0 Å². The molecule has 0 saturated carbocycles. The van der Waals surface area contributed by atoms with Gasteiger partial charge in [0.2, 0.25) is 11.6 Å². The normalized spacial score (nSPS) is 13.3. The van der Waals surface area contributed by atoms with E-state index in [9.17, 15) is 14.4 Å². The summed E-state index contributed by atoms with van der Waals surface area (Å²) in [5.41, 5.74) is 1.75.